The van der Waals surface area contributed by atoms with E-state index in [1.807, 2.05) is 18.2 Å². The maximum atomic E-state index is 11.8. The Balaban J connectivity index is 0.000000161. The normalized spacial score (nSPS) is 19.4. The van der Waals surface area contributed by atoms with Gasteiger partial charge in [0.2, 0.25) is 0 Å². The molecule has 0 aromatic heterocycles. The SMILES string of the molecule is CCC1Cc2ccc(OC)cc2C1=O.c1ccc(CN2CCCCCC2)cc1. The average molecular weight is 380 g/mol. The monoisotopic (exact) mass is 379 g/mol. The summed E-state index contributed by atoms with van der Waals surface area (Å²) in [6.07, 6.45) is 7.43. The molecule has 1 aliphatic heterocycles. The first-order valence-electron chi connectivity index (χ1n) is 10.7. The fraction of sp³-hybridized carbons (Fsp3) is 0.480. The number of Topliss-reactive ketones (excluding diaryl/α,β-unsaturated/α-hetero) is 1. The summed E-state index contributed by atoms with van der Waals surface area (Å²) >= 11 is 0. The van der Waals surface area contributed by atoms with E-state index in [1.54, 1.807) is 7.11 Å². The van der Waals surface area contributed by atoms with Gasteiger partial charge in [0.25, 0.3) is 0 Å². The van der Waals surface area contributed by atoms with Crippen LogP contribution in [0.5, 0.6) is 5.75 Å². The zero-order valence-electron chi connectivity index (χ0n) is 17.3. The summed E-state index contributed by atoms with van der Waals surface area (Å²) in [5.74, 6) is 1.24. The van der Waals surface area contributed by atoms with Gasteiger partial charge in [0.1, 0.15) is 5.75 Å². The predicted octanol–water partition coefficient (Wildman–Crippen LogP) is 5.52. The molecule has 0 saturated carbocycles. The van der Waals surface area contributed by atoms with Gasteiger partial charge in [-0.1, -0.05) is 56.2 Å². The molecule has 0 amide bonds. The van der Waals surface area contributed by atoms with Crippen molar-refractivity contribution in [3.05, 3.63) is 65.2 Å². The van der Waals surface area contributed by atoms with E-state index in [1.165, 1.54) is 49.9 Å². The van der Waals surface area contributed by atoms with Crippen LogP contribution in [0.3, 0.4) is 0 Å². The number of hydrogen-bond donors (Lipinski definition) is 0. The molecule has 1 fully saturated rings. The Bertz CT molecular complexity index is 748. The van der Waals surface area contributed by atoms with Crippen molar-refractivity contribution in [1.29, 1.82) is 0 Å². The van der Waals surface area contributed by atoms with E-state index in [0.717, 1.165) is 30.7 Å². The second kappa shape index (κ2) is 10.4. The molecule has 0 spiro atoms. The standard InChI is InChI=1S/C13H19N.C12H14O2/c1-2-7-11-14(10-6-1)12-13-8-4-3-5-9-13;1-3-8-6-9-4-5-10(14-2)7-11(9)12(8)13/h3-5,8-9H,1-2,6-7,10-12H2;4-5,7-8H,3,6H2,1-2H3. The van der Waals surface area contributed by atoms with Crippen LogP contribution in [0.1, 0.15) is 60.5 Å². The Labute approximate surface area is 169 Å². The number of nitrogens with zero attached hydrogens (tertiary/aromatic N) is 1. The number of rotatable bonds is 4. The van der Waals surface area contributed by atoms with Gasteiger partial charge in [-0.25, -0.2) is 0 Å². The number of fused-ring (bicyclic) bond motifs is 1. The highest BCUT2D eigenvalue weighted by Gasteiger charge is 2.29. The molecule has 1 atom stereocenters. The number of methoxy groups -OCH3 is 1. The highest BCUT2D eigenvalue weighted by atomic mass is 16.5. The number of carbonyl (C=O) groups excluding carboxylic acids is 1. The molecular formula is C25H33NO2. The van der Waals surface area contributed by atoms with E-state index in [-0.39, 0.29) is 11.7 Å². The van der Waals surface area contributed by atoms with Gasteiger partial charge >= 0.3 is 0 Å². The van der Waals surface area contributed by atoms with E-state index >= 15 is 0 Å². The number of ether oxygens (including phenoxy) is 1. The summed E-state index contributed by atoms with van der Waals surface area (Å²) in [6.45, 7) is 5.77. The van der Waals surface area contributed by atoms with Crippen molar-refractivity contribution in [2.45, 2.75) is 52.0 Å². The fourth-order valence-corrected chi connectivity index (χ4v) is 4.13. The van der Waals surface area contributed by atoms with Gasteiger partial charge in [-0.05, 0) is 62.0 Å². The van der Waals surface area contributed by atoms with Crippen molar-refractivity contribution in [1.82, 2.24) is 4.90 Å². The highest BCUT2D eigenvalue weighted by molar-refractivity contribution is 6.02. The van der Waals surface area contributed by atoms with Gasteiger partial charge in [0.15, 0.2) is 5.78 Å². The van der Waals surface area contributed by atoms with Gasteiger partial charge in [-0.3, -0.25) is 9.69 Å². The van der Waals surface area contributed by atoms with Crippen LogP contribution in [0.4, 0.5) is 0 Å². The van der Waals surface area contributed by atoms with Crippen molar-refractivity contribution in [2.75, 3.05) is 20.2 Å². The lowest BCUT2D eigenvalue weighted by atomic mass is 10.0. The van der Waals surface area contributed by atoms with Crippen molar-refractivity contribution in [2.24, 2.45) is 5.92 Å². The molecule has 2 aromatic carbocycles. The van der Waals surface area contributed by atoms with E-state index in [9.17, 15) is 4.79 Å². The summed E-state index contributed by atoms with van der Waals surface area (Å²) in [4.78, 5) is 14.4. The predicted molar refractivity (Wildman–Crippen MR) is 115 cm³/mol. The number of carbonyl (C=O) groups is 1. The molecular weight excluding hydrogens is 346 g/mol. The summed E-state index contributed by atoms with van der Waals surface area (Å²) in [6, 6.07) is 16.6. The van der Waals surface area contributed by atoms with Gasteiger partial charge in [0, 0.05) is 18.0 Å². The number of ketones is 1. The number of benzene rings is 2. The van der Waals surface area contributed by atoms with E-state index in [2.05, 4.69) is 42.2 Å². The Morgan fingerprint density at radius 2 is 1.71 bits per heavy atom. The fourth-order valence-electron chi connectivity index (χ4n) is 4.13. The Kier molecular flexibility index (Phi) is 7.67. The second-order valence-electron chi connectivity index (χ2n) is 7.87. The summed E-state index contributed by atoms with van der Waals surface area (Å²) in [5.41, 5.74) is 3.48. The summed E-state index contributed by atoms with van der Waals surface area (Å²) in [7, 11) is 1.62. The Morgan fingerprint density at radius 1 is 1.00 bits per heavy atom. The van der Waals surface area contributed by atoms with Crippen LogP contribution in [0.2, 0.25) is 0 Å². The number of hydrogen-bond acceptors (Lipinski definition) is 3. The molecule has 1 saturated heterocycles. The first-order valence-corrected chi connectivity index (χ1v) is 10.7. The molecule has 0 bridgehead atoms. The highest BCUT2D eigenvalue weighted by Crippen LogP contribution is 2.31. The first kappa shape index (κ1) is 20.6. The third-order valence-electron chi connectivity index (χ3n) is 5.86. The molecule has 0 N–H and O–H groups in total. The maximum Gasteiger partial charge on any atom is 0.166 e. The molecule has 4 rings (SSSR count). The largest absolute Gasteiger partial charge is 0.497 e. The minimum Gasteiger partial charge on any atom is -0.497 e. The topological polar surface area (TPSA) is 29.5 Å². The van der Waals surface area contributed by atoms with E-state index in [0.29, 0.717) is 0 Å². The Morgan fingerprint density at radius 3 is 2.36 bits per heavy atom. The zero-order valence-corrected chi connectivity index (χ0v) is 17.3. The Hall–Kier alpha value is -2.13. The molecule has 1 unspecified atom stereocenters. The summed E-state index contributed by atoms with van der Waals surface area (Å²) in [5, 5.41) is 0. The molecule has 2 aliphatic rings. The van der Waals surface area contributed by atoms with Crippen LogP contribution in [-0.2, 0) is 13.0 Å². The molecule has 3 heteroatoms. The second-order valence-corrected chi connectivity index (χ2v) is 7.87. The molecule has 2 aromatic rings. The van der Waals surface area contributed by atoms with Crippen molar-refractivity contribution >= 4 is 5.78 Å². The van der Waals surface area contributed by atoms with E-state index < -0.39 is 0 Å². The zero-order chi connectivity index (χ0) is 19.8. The first-order chi connectivity index (χ1) is 13.7. The van der Waals surface area contributed by atoms with Crippen LogP contribution in [-0.4, -0.2) is 30.9 Å². The third kappa shape index (κ3) is 5.45. The van der Waals surface area contributed by atoms with Crippen molar-refractivity contribution < 1.29 is 9.53 Å². The van der Waals surface area contributed by atoms with Crippen LogP contribution in [0.15, 0.2) is 48.5 Å². The van der Waals surface area contributed by atoms with Crippen molar-refractivity contribution in [3.8, 4) is 5.75 Å². The van der Waals surface area contributed by atoms with Gasteiger partial charge in [-0.2, -0.15) is 0 Å². The minimum atomic E-state index is 0.192. The van der Waals surface area contributed by atoms with Gasteiger partial charge < -0.3 is 4.74 Å². The van der Waals surface area contributed by atoms with E-state index in [4.69, 9.17) is 4.74 Å². The molecule has 1 heterocycles. The quantitative estimate of drug-likeness (QED) is 0.700. The lowest BCUT2D eigenvalue weighted by Crippen LogP contribution is -2.23. The summed E-state index contributed by atoms with van der Waals surface area (Å²) < 4.78 is 5.10. The average Bonchev–Trinajstić information content (AvgIpc) is 2.88. The maximum absolute atomic E-state index is 11.8. The van der Waals surface area contributed by atoms with Gasteiger partial charge in [0.05, 0.1) is 7.11 Å². The van der Waals surface area contributed by atoms with Crippen molar-refractivity contribution in [3.63, 3.8) is 0 Å². The third-order valence-corrected chi connectivity index (χ3v) is 5.86. The lowest BCUT2D eigenvalue weighted by molar-refractivity contribution is 0.0934. The molecule has 0 radical (unpaired) electrons. The lowest BCUT2D eigenvalue weighted by Gasteiger charge is -2.19. The smallest absolute Gasteiger partial charge is 0.166 e. The number of likely N-dealkylation sites (tertiary alicyclic amines) is 1. The minimum absolute atomic E-state index is 0.192. The molecule has 28 heavy (non-hydrogen) atoms. The molecule has 1 aliphatic carbocycles. The van der Waals surface area contributed by atoms with Crippen LogP contribution in [0, 0.1) is 5.92 Å². The van der Waals surface area contributed by atoms with Crippen LogP contribution < -0.4 is 4.74 Å². The van der Waals surface area contributed by atoms with Crippen LogP contribution >= 0.6 is 0 Å². The molecule has 3 nitrogen and oxygen atoms in total. The van der Waals surface area contributed by atoms with Gasteiger partial charge in [-0.15, -0.1) is 0 Å². The van der Waals surface area contributed by atoms with Crippen LogP contribution in [0.25, 0.3) is 0 Å². The molecule has 150 valence electrons.